The maximum atomic E-state index is 8.56. The minimum Gasteiger partial charge on any atom is -0.299 e. The molecule has 0 saturated heterocycles. The highest BCUT2D eigenvalue weighted by Crippen LogP contribution is 2.33. The van der Waals surface area contributed by atoms with Gasteiger partial charge in [0.05, 0.1) is 11.4 Å². The molecule has 1 heterocycles. The Morgan fingerprint density at radius 3 is 1.68 bits per heavy atom. The first kappa shape index (κ1) is 23.6. The van der Waals surface area contributed by atoms with Gasteiger partial charge in [-0.3, -0.25) is 10.8 Å². The number of hydrogen-bond donors (Lipinski definition) is 2. The van der Waals surface area contributed by atoms with Gasteiger partial charge in [0, 0.05) is 22.3 Å². The fourth-order valence-electron chi connectivity index (χ4n) is 5.10. The van der Waals surface area contributed by atoms with Crippen LogP contribution < -0.4 is 0 Å². The van der Waals surface area contributed by atoms with Crippen LogP contribution in [0, 0.1) is 10.8 Å². The van der Waals surface area contributed by atoms with Crippen molar-refractivity contribution in [2.75, 3.05) is 0 Å². The van der Waals surface area contributed by atoms with Gasteiger partial charge in [-0.05, 0) is 45.7 Å². The largest absolute Gasteiger partial charge is 0.299 e. The van der Waals surface area contributed by atoms with Crippen LogP contribution in [0.4, 0.5) is 0 Å². The third-order valence-electron chi connectivity index (χ3n) is 7.16. The van der Waals surface area contributed by atoms with Crippen molar-refractivity contribution in [3.05, 3.63) is 132 Å². The Hall–Kier alpha value is -5.55. The standard InChI is InChI=1S/C35H23N5/c36-30-19-18-23-16-14-22-15-17-27(21-29(22)31(23)32(30)37)26-12-7-13-28(20-26)35-39-33(24-8-3-1-4-9-24)38-34(40-35)25-10-5-2-6-11-25/h1-21,36-37H. The normalized spacial score (nSPS) is 12.5. The van der Waals surface area contributed by atoms with Crippen molar-refractivity contribution in [3.63, 3.8) is 0 Å². The molecule has 5 nitrogen and oxygen atoms in total. The molecule has 0 amide bonds. The van der Waals surface area contributed by atoms with Gasteiger partial charge in [-0.25, -0.2) is 15.0 Å². The number of aromatic nitrogens is 3. The Balaban J connectivity index is 1.36. The van der Waals surface area contributed by atoms with Crippen molar-refractivity contribution in [2.45, 2.75) is 0 Å². The summed E-state index contributed by atoms with van der Waals surface area (Å²) in [5.41, 5.74) is 7.05. The van der Waals surface area contributed by atoms with Gasteiger partial charge in [-0.2, -0.15) is 0 Å². The molecule has 0 atom stereocenters. The number of rotatable bonds is 4. The van der Waals surface area contributed by atoms with Gasteiger partial charge in [-0.15, -0.1) is 0 Å². The lowest BCUT2D eigenvalue weighted by Gasteiger charge is -2.16. The number of hydrogen-bond acceptors (Lipinski definition) is 5. The molecule has 0 radical (unpaired) electrons. The van der Waals surface area contributed by atoms with Crippen LogP contribution >= 0.6 is 0 Å². The van der Waals surface area contributed by atoms with E-state index in [1.54, 1.807) is 6.08 Å². The van der Waals surface area contributed by atoms with Crippen LogP contribution in [0.3, 0.4) is 0 Å². The molecule has 7 rings (SSSR count). The summed E-state index contributed by atoms with van der Waals surface area (Å²) in [6.45, 7) is 0. The molecular weight excluding hydrogens is 490 g/mol. The molecule has 5 aromatic carbocycles. The Bertz CT molecular complexity index is 1920. The van der Waals surface area contributed by atoms with Crippen LogP contribution in [-0.2, 0) is 0 Å². The third-order valence-corrected chi connectivity index (χ3v) is 7.16. The summed E-state index contributed by atoms with van der Waals surface area (Å²) in [5.74, 6) is 1.86. The van der Waals surface area contributed by atoms with E-state index < -0.39 is 0 Å². The van der Waals surface area contributed by atoms with Crippen molar-refractivity contribution < 1.29 is 0 Å². The Kier molecular flexibility index (Phi) is 5.68. The maximum Gasteiger partial charge on any atom is 0.164 e. The Morgan fingerprint density at radius 1 is 0.450 bits per heavy atom. The highest BCUT2D eigenvalue weighted by Gasteiger charge is 2.18. The second-order valence-corrected chi connectivity index (χ2v) is 9.71. The predicted octanol–water partition coefficient (Wildman–Crippen LogP) is 8.11. The van der Waals surface area contributed by atoms with Gasteiger partial charge in [0.1, 0.15) is 0 Å². The van der Waals surface area contributed by atoms with Crippen molar-refractivity contribution in [2.24, 2.45) is 0 Å². The first-order valence-corrected chi connectivity index (χ1v) is 13.0. The summed E-state index contributed by atoms with van der Waals surface area (Å²) in [4.78, 5) is 14.6. The molecule has 0 saturated carbocycles. The second kappa shape index (κ2) is 9.64. The van der Waals surface area contributed by atoms with Gasteiger partial charge in [0.15, 0.2) is 17.5 Å². The molecule has 0 fully saturated rings. The summed E-state index contributed by atoms with van der Waals surface area (Å²) in [6, 6.07) is 38.5. The fourth-order valence-corrected chi connectivity index (χ4v) is 5.10. The predicted molar refractivity (Wildman–Crippen MR) is 163 cm³/mol. The molecule has 1 aliphatic rings. The molecular formula is C35H23N5. The molecule has 2 N–H and O–H groups in total. The van der Waals surface area contributed by atoms with E-state index in [1.807, 2.05) is 84.9 Å². The molecule has 6 aromatic rings. The molecule has 40 heavy (non-hydrogen) atoms. The molecule has 0 unspecified atom stereocenters. The van der Waals surface area contributed by atoms with Crippen molar-refractivity contribution in [1.29, 1.82) is 10.8 Å². The highest BCUT2D eigenvalue weighted by atomic mass is 15.0. The highest BCUT2D eigenvalue weighted by molar-refractivity contribution is 6.53. The number of benzene rings is 5. The van der Waals surface area contributed by atoms with Crippen LogP contribution in [0.2, 0.25) is 0 Å². The van der Waals surface area contributed by atoms with E-state index in [0.717, 1.165) is 49.7 Å². The van der Waals surface area contributed by atoms with E-state index in [1.165, 1.54) is 0 Å². The summed E-state index contributed by atoms with van der Waals surface area (Å²) in [7, 11) is 0. The summed E-state index contributed by atoms with van der Waals surface area (Å²) >= 11 is 0. The molecule has 1 aromatic heterocycles. The zero-order valence-electron chi connectivity index (χ0n) is 21.5. The number of fused-ring (bicyclic) bond motifs is 3. The van der Waals surface area contributed by atoms with Gasteiger partial charge in [-0.1, -0.05) is 109 Å². The quantitative estimate of drug-likeness (QED) is 0.250. The lowest BCUT2D eigenvalue weighted by atomic mass is 9.88. The first-order valence-electron chi connectivity index (χ1n) is 13.0. The van der Waals surface area contributed by atoms with Gasteiger partial charge in [0.25, 0.3) is 0 Å². The minimum absolute atomic E-state index is 0.227. The minimum atomic E-state index is 0.227. The van der Waals surface area contributed by atoms with Crippen LogP contribution in [-0.4, -0.2) is 26.4 Å². The topological polar surface area (TPSA) is 86.4 Å². The molecule has 0 aliphatic heterocycles. The molecule has 5 heteroatoms. The van der Waals surface area contributed by atoms with E-state index in [9.17, 15) is 0 Å². The lowest BCUT2D eigenvalue weighted by Crippen LogP contribution is -2.16. The number of nitrogens with zero attached hydrogens (tertiary/aromatic N) is 3. The summed E-state index contributed by atoms with van der Waals surface area (Å²) in [6.07, 6.45) is 3.60. The Morgan fingerprint density at radius 2 is 1.00 bits per heavy atom. The summed E-state index contributed by atoms with van der Waals surface area (Å²) in [5, 5.41) is 18.7. The van der Waals surface area contributed by atoms with Crippen LogP contribution in [0.5, 0.6) is 0 Å². The third kappa shape index (κ3) is 4.20. The van der Waals surface area contributed by atoms with Crippen molar-refractivity contribution >= 4 is 28.3 Å². The SMILES string of the molecule is N=C1C=Cc2ccc3ccc(-c4cccc(-c5nc(-c6ccccc6)nc(-c6ccccc6)n5)c4)cc3c2C1=N. The van der Waals surface area contributed by atoms with E-state index in [-0.39, 0.29) is 11.4 Å². The van der Waals surface area contributed by atoms with E-state index >= 15 is 0 Å². The molecule has 0 bridgehead atoms. The number of allylic oxidation sites excluding steroid dienone is 1. The second-order valence-electron chi connectivity index (χ2n) is 9.71. The molecule has 0 spiro atoms. The van der Waals surface area contributed by atoms with Crippen LogP contribution in [0.25, 0.3) is 62.1 Å². The average Bonchev–Trinajstić information content (AvgIpc) is 3.03. The Labute approximate surface area is 231 Å². The van der Waals surface area contributed by atoms with Crippen molar-refractivity contribution in [3.8, 4) is 45.3 Å². The van der Waals surface area contributed by atoms with Crippen LogP contribution in [0.1, 0.15) is 11.1 Å². The molecule has 1 aliphatic carbocycles. The van der Waals surface area contributed by atoms with Gasteiger partial charge < -0.3 is 0 Å². The zero-order chi connectivity index (χ0) is 27.1. The zero-order valence-corrected chi connectivity index (χ0v) is 21.5. The smallest absolute Gasteiger partial charge is 0.164 e. The van der Waals surface area contributed by atoms with Crippen molar-refractivity contribution in [1.82, 2.24) is 15.0 Å². The van der Waals surface area contributed by atoms with E-state index in [0.29, 0.717) is 17.5 Å². The van der Waals surface area contributed by atoms with Gasteiger partial charge in [0.2, 0.25) is 0 Å². The lowest BCUT2D eigenvalue weighted by molar-refractivity contribution is 1.07. The van der Waals surface area contributed by atoms with E-state index in [2.05, 4.69) is 36.4 Å². The maximum absolute atomic E-state index is 8.56. The average molecular weight is 514 g/mol. The van der Waals surface area contributed by atoms with E-state index in [4.69, 9.17) is 25.8 Å². The first-order chi connectivity index (χ1) is 19.6. The number of nitrogens with one attached hydrogen (secondary N) is 2. The summed E-state index contributed by atoms with van der Waals surface area (Å²) < 4.78 is 0. The monoisotopic (exact) mass is 513 g/mol. The molecule has 188 valence electrons. The van der Waals surface area contributed by atoms with Crippen LogP contribution in [0.15, 0.2) is 121 Å². The van der Waals surface area contributed by atoms with Gasteiger partial charge >= 0.3 is 0 Å². The fraction of sp³-hybridized carbons (Fsp3) is 0.